The highest BCUT2D eigenvalue weighted by atomic mass is 19.4. The lowest BCUT2D eigenvalue weighted by Gasteiger charge is -2.25. The van der Waals surface area contributed by atoms with E-state index in [9.17, 15) is 30.7 Å². The van der Waals surface area contributed by atoms with E-state index in [1.165, 1.54) is 0 Å². The van der Waals surface area contributed by atoms with Crippen molar-refractivity contribution < 1.29 is 40.6 Å². The van der Waals surface area contributed by atoms with Gasteiger partial charge in [-0.25, -0.2) is 4.74 Å². The minimum atomic E-state index is -5.89. The van der Waals surface area contributed by atoms with E-state index in [4.69, 9.17) is 5.11 Å². The number of aliphatic hydroxyl groups is 1. The van der Waals surface area contributed by atoms with Gasteiger partial charge in [-0.1, -0.05) is 6.08 Å². The molecule has 0 aromatic heterocycles. The molecule has 1 atom stereocenters. The van der Waals surface area contributed by atoms with Gasteiger partial charge in [-0.05, 0) is 6.08 Å². The monoisotopic (exact) mass is 242 g/mol. The average molecular weight is 242 g/mol. The van der Waals surface area contributed by atoms with Crippen LogP contribution in [0.25, 0.3) is 0 Å². The van der Waals surface area contributed by atoms with Crippen LogP contribution in [0.2, 0.25) is 0 Å². The lowest BCUT2D eigenvalue weighted by atomic mass is 10.2. The number of alkyl halides is 7. The zero-order chi connectivity index (χ0) is 12.3. The molecule has 15 heavy (non-hydrogen) atoms. The topological polar surface area (TPSA) is 29.5 Å². The molecule has 0 aliphatic carbocycles. The van der Waals surface area contributed by atoms with E-state index in [2.05, 4.69) is 4.74 Å². The van der Waals surface area contributed by atoms with Gasteiger partial charge in [0.05, 0.1) is 6.61 Å². The van der Waals surface area contributed by atoms with Crippen molar-refractivity contribution in [3.05, 3.63) is 12.2 Å². The van der Waals surface area contributed by atoms with Crippen LogP contribution in [0.15, 0.2) is 12.2 Å². The summed E-state index contributed by atoms with van der Waals surface area (Å²) < 4.78 is 84.8. The van der Waals surface area contributed by atoms with Gasteiger partial charge < -0.3 is 5.11 Å². The number of aliphatic hydroxyl groups excluding tert-OH is 1. The molecule has 0 heterocycles. The number of ether oxygens (including phenoxy) is 1. The second-order valence-corrected chi connectivity index (χ2v) is 2.28. The first-order valence-electron chi connectivity index (χ1n) is 3.33. The summed E-state index contributed by atoms with van der Waals surface area (Å²) in [6.07, 6.45) is -12.1. The Morgan fingerprint density at radius 1 is 1.00 bits per heavy atom. The first kappa shape index (κ1) is 14.2. The second kappa shape index (κ2) is 4.35. The highest BCUT2D eigenvalue weighted by molar-refractivity contribution is 5.00. The normalized spacial score (nSPS) is 18.1. The van der Waals surface area contributed by atoms with Crippen LogP contribution in [0, 0.1) is 0 Å². The van der Waals surface area contributed by atoms with Crippen LogP contribution in [0.3, 0.4) is 0 Å². The van der Waals surface area contributed by atoms with Gasteiger partial charge in [-0.15, -0.1) is 13.2 Å². The molecule has 2 nitrogen and oxygen atoms in total. The van der Waals surface area contributed by atoms with E-state index in [0.717, 1.165) is 0 Å². The molecule has 90 valence electrons. The van der Waals surface area contributed by atoms with Crippen LogP contribution in [0.5, 0.6) is 0 Å². The predicted molar refractivity (Wildman–Crippen MR) is 33.3 cm³/mol. The molecule has 0 saturated carbocycles. The maximum absolute atomic E-state index is 12.7. The SMILES string of the molecule is OC/C=C\[C@](F)(OC(F)(F)F)C(F)(F)F. The van der Waals surface area contributed by atoms with Crippen LogP contribution in [-0.4, -0.2) is 30.1 Å². The van der Waals surface area contributed by atoms with Crippen molar-refractivity contribution in [3.63, 3.8) is 0 Å². The Morgan fingerprint density at radius 3 is 1.73 bits per heavy atom. The molecule has 0 rings (SSSR count). The molecule has 0 spiro atoms. The van der Waals surface area contributed by atoms with E-state index in [1.54, 1.807) is 0 Å². The van der Waals surface area contributed by atoms with E-state index >= 15 is 0 Å². The molecule has 0 bridgehead atoms. The standard InChI is InChI=1S/C6H5F7O2/c7-4(2-1-3-14,5(8,9)10)15-6(11,12)13/h1-2,14H,3H2/b2-1-/t4-/m0/s1. The molecule has 0 radical (unpaired) electrons. The van der Waals surface area contributed by atoms with Gasteiger partial charge in [-0.3, -0.25) is 0 Å². The maximum Gasteiger partial charge on any atom is 0.525 e. The fourth-order valence-electron chi connectivity index (χ4n) is 0.559. The quantitative estimate of drug-likeness (QED) is 0.607. The molecule has 9 heteroatoms. The number of halogens is 7. The van der Waals surface area contributed by atoms with Crippen molar-refractivity contribution in [2.45, 2.75) is 18.4 Å². The molecular weight excluding hydrogens is 237 g/mol. The highest BCUT2D eigenvalue weighted by Crippen LogP contribution is 2.40. The Balaban J connectivity index is 4.96. The molecule has 0 aromatic carbocycles. The number of hydrogen-bond acceptors (Lipinski definition) is 2. The van der Waals surface area contributed by atoms with Gasteiger partial charge in [0.1, 0.15) is 0 Å². The third-order valence-electron chi connectivity index (χ3n) is 1.09. The van der Waals surface area contributed by atoms with E-state index < -0.39 is 31.1 Å². The van der Waals surface area contributed by atoms with Crippen molar-refractivity contribution in [2.24, 2.45) is 0 Å². The van der Waals surface area contributed by atoms with Gasteiger partial charge >= 0.3 is 18.4 Å². The lowest BCUT2D eigenvalue weighted by molar-refractivity contribution is -0.432. The first-order valence-corrected chi connectivity index (χ1v) is 3.33. The number of rotatable bonds is 3. The maximum atomic E-state index is 12.7. The van der Waals surface area contributed by atoms with Crippen LogP contribution in [0.1, 0.15) is 0 Å². The third kappa shape index (κ3) is 4.47. The summed E-state index contributed by atoms with van der Waals surface area (Å²) in [7, 11) is 0. The predicted octanol–water partition coefficient (Wildman–Crippen LogP) is 2.30. The molecule has 0 aliphatic heterocycles. The molecule has 0 saturated heterocycles. The van der Waals surface area contributed by atoms with Crippen LogP contribution >= 0.6 is 0 Å². The first-order chi connectivity index (χ1) is 6.52. The Morgan fingerprint density at radius 2 is 1.47 bits per heavy atom. The van der Waals surface area contributed by atoms with Gasteiger partial charge in [-0.2, -0.15) is 17.6 Å². The minimum absolute atomic E-state index is 0.152. The van der Waals surface area contributed by atoms with Gasteiger partial charge in [0, 0.05) is 0 Å². The molecule has 0 fully saturated rings. The van der Waals surface area contributed by atoms with E-state index in [1.807, 2.05) is 0 Å². The fourth-order valence-corrected chi connectivity index (χ4v) is 0.559. The number of hydrogen-bond donors (Lipinski definition) is 1. The van der Waals surface area contributed by atoms with E-state index in [0.29, 0.717) is 0 Å². The molecule has 0 aromatic rings. The summed E-state index contributed by atoms with van der Waals surface area (Å²) in [5.41, 5.74) is 0. The zero-order valence-corrected chi connectivity index (χ0v) is 6.86. The Hall–Kier alpha value is -0.830. The lowest BCUT2D eigenvalue weighted by Crippen LogP contribution is -2.45. The zero-order valence-electron chi connectivity index (χ0n) is 6.86. The van der Waals surface area contributed by atoms with Crippen molar-refractivity contribution in [1.29, 1.82) is 0 Å². The summed E-state index contributed by atoms with van der Waals surface area (Å²) in [4.78, 5) is 0. The van der Waals surface area contributed by atoms with Gasteiger partial charge in [0.25, 0.3) is 0 Å². The largest absolute Gasteiger partial charge is 0.525 e. The summed E-state index contributed by atoms with van der Waals surface area (Å²) in [6, 6.07) is 0. The van der Waals surface area contributed by atoms with Crippen LogP contribution in [-0.2, 0) is 4.74 Å². The summed E-state index contributed by atoms with van der Waals surface area (Å²) >= 11 is 0. The van der Waals surface area contributed by atoms with Crippen molar-refractivity contribution in [2.75, 3.05) is 6.61 Å². The Labute approximate surface area is 78.9 Å². The molecule has 0 unspecified atom stereocenters. The van der Waals surface area contributed by atoms with E-state index in [-0.39, 0.29) is 6.08 Å². The minimum Gasteiger partial charge on any atom is -0.392 e. The molecule has 0 aliphatic rings. The van der Waals surface area contributed by atoms with Gasteiger partial charge in [0.15, 0.2) is 0 Å². The van der Waals surface area contributed by atoms with Gasteiger partial charge in [0.2, 0.25) is 0 Å². The summed E-state index contributed by atoms with van der Waals surface area (Å²) in [6.45, 7) is -1.05. The molecule has 0 amide bonds. The second-order valence-electron chi connectivity index (χ2n) is 2.28. The Bertz CT molecular complexity index is 231. The fraction of sp³-hybridized carbons (Fsp3) is 0.667. The Kier molecular flexibility index (Phi) is 4.11. The smallest absolute Gasteiger partial charge is 0.392 e. The van der Waals surface area contributed by atoms with Crippen molar-refractivity contribution in [3.8, 4) is 0 Å². The van der Waals surface area contributed by atoms with Crippen LogP contribution in [0.4, 0.5) is 30.7 Å². The van der Waals surface area contributed by atoms with Crippen molar-refractivity contribution >= 4 is 0 Å². The van der Waals surface area contributed by atoms with Crippen molar-refractivity contribution in [1.82, 2.24) is 0 Å². The summed E-state index contributed by atoms with van der Waals surface area (Å²) in [5.74, 6) is -4.99. The molecular formula is C6H5F7O2. The van der Waals surface area contributed by atoms with Crippen LogP contribution < -0.4 is 0 Å². The summed E-state index contributed by atoms with van der Waals surface area (Å²) in [5, 5.41) is 8.04. The molecule has 1 N–H and O–H groups in total. The highest BCUT2D eigenvalue weighted by Gasteiger charge is 2.61. The third-order valence-corrected chi connectivity index (χ3v) is 1.09. The average Bonchev–Trinajstić information content (AvgIpc) is 1.95.